The highest BCUT2D eigenvalue weighted by Crippen LogP contribution is 2.47. The Bertz CT molecular complexity index is 3840. The summed E-state index contributed by atoms with van der Waals surface area (Å²) in [4.78, 5) is 2.41. The summed E-state index contributed by atoms with van der Waals surface area (Å²) in [5, 5.41) is 12.2. The van der Waals surface area contributed by atoms with Gasteiger partial charge >= 0.3 is 0 Å². The number of hydrogen-bond donors (Lipinski definition) is 0. The zero-order chi connectivity index (χ0) is 39.3. The van der Waals surface area contributed by atoms with E-state index in [1.807, 2.05) is 17.4 Å². The smallest absolute Gasteiger partial charge is 0.137 e. The van der Waals surface area contributed by atoms with Crippen molar-refractivity contribution in [2.45, 2.75) is 0 Å². The maximum Gasteiger partial charge on any atom is 0.137 e. The standard InChI is InChI=1S/C56H34N2OS/c1-2-15-38-32-51-46(31-37(38)14-1)42-18-5-8-21-49(42)58(51)40-33-45(56-47(34-40)43-19-7-10-26-54(43)60-56)36-27-29-39(30-28-36)57(48-22-11-16-35-13-3-4-17-41(35)48)50-23-12-25-53-55(50)44-20-6-9-24-52(44)59-53/h1-34H. The molecule has 0 radical (unpaired) electrons. The molecule has 0 aliphatic rings. The van der Waals surface area contributed by atoms with E-state index in [1.54, 1.807) is 0 Å². The van der Waals surface area contributed by atoms with Crippen molar-refractivity contribution in [1.82, 2.24) is 4.57 Å². The van der Waals surface area contributed by atoms with E-state index in [0.717, 1.165) is 44.7 Å². The molecule has 10 aromatic carbocycles. The molecule has 0 atom stereocenters. The van der Waals surface area contributed by atoms with E-state index < -0.39 is 0 Å². The fourth-order valence-corrected chi connectivity index (χ4v) is 10.9. The van der Waals surface area contributed by atoms with Crippen molar-refractivity contribution in [2.24, 2.45) is 0 Å². The van der Waals surface area contributed by atoms with Crippen molar-refractivity contribution < 1.29 is 4.42 Å². The van der Waals surface area contributed by atoms with E-state index in [0.29, 0.717) is 0 Å². The first-order chi connectivity index (χ1) is 29.7. The van der Waals surface area contributed by atoms with Gasteiger partial charge in [-0.15, -0.1) is 11.3 Å². The molecule has 0 saturated carbocycles. The lowest BCUT2D eigenvalue weighted by molar-refractivity contribution is 0.669. The Labute approximate surface area is 349 Å². The number of anilines is 3. The molecule has 0 bridgehead atoms. The van der Waals surface area contributed by atoms with Gasteiger partial charge in [0.2, 0.25) is 0 Å². The summed E-state index contributed by atoms with van der Waals surface area (Å²) in [6.07, 6.45) is 0. The van der Waals surface area contributed by atoms with Crippen molar-refractivity contribution in [2.75, 3.05) is 4.90 Å². The van der Waals surface area contributed by atoms with Gasteiger partial charge < -0.3 is 13.9 Å². The number of nitrogens with zero attached hydrogens (tertiary/aromatic N) is 2. The van der Waals surface area contributed by atoms with Crippen LogP contribution in [-0.2, 0) is 0 Å². The molecule has 60 heavy (non-hydrogen) atoms. The second kappa shape index (κ2) is 12.9. The van der Waals surface area contributed by atoms with Crippen LogP contribution in [0.15, 0.2) is 211 Å². The highest BCUT2D eigenvalue weighted by Gasteiger charge is 2.22. The first-order valence-corrected chi connectivity index (χ1v) is 21.2. The molecule has 3 aromatic heterocycles. The number of thiophene rings is 1. The quantitative estimate of drug-likeness (QED) is 0.173. The maximum atomic E-state index is 6.43. The van der Waals surface area contributed by atoms with Crippen molar-refractivity contribution >= 4 is 114 Å². The molecular weight excluding hydrogens is 749 g/mol. The molecule has 13 aromatic rings. The monoisotopic (exact) mass is 782 g/mol. The lowest BCUT2D eigenvalue weighted by Crippen LogP contribution is -2.10. The van der Waals surface area contributed by atoms with E-state index in [1.165, 1.54) is 74.6 Å². The van der Waals surface area contributed by atoms with Crippen LogP contribution in [0.2, 0.25) is 0 Å². The molecule has 3 heterocycles. The molecular formula is C56H34N2OS. The highest BCUT2D eigenvalue weighted by atomic mass is 32.1. The van der Waals surface area contributed by atoms with Crippen molar-refractivity contribution in [3.63, 3.8) is 0 Å². The van der Waals surface area contributed by atoms with Crippen molar-refractivity contribution in [3.05, 3.63) is 206 Å². The van der Waals surface area contributed by atoms with Crippen LogP contribution in [0.4, 0.5) is 17.1 Å². The van der Waals surface area contributed by atoms with Crippen LogP contribution in [0.25, 0.3) is 102 Å². The summed E-state index contributed by atoms with van der Waals surface area (Å²) in [5.74, 6) is 0. The van der Waals surface area contributed by atoms with Crippen LogP contribution in [0.3, 0.4) is 0 Å². The first-order valence-electron chi connectivity index (χ1n) is 20.4. The lowest BCUT2D eigenvalue weighted by Gasteiger charge is -2.27. The van der Waals surface area contributed by atoms with Gasteiger partial charge in [-0.25, -0.2) is 0 Å². The molecule has 3 nitrogen and oxygen atoms in total. The lowest BCUT2D eigenvalue weighted by atomic mass is 10.00. The van der Waals surface area contributed by atoms with E-state index >= 15 is 0 Å². The summed E-state index contributed by atoms with van der Waals surface area (Å²) < 4.78 is 11.5. The number of furan rings is 1. The van der Waals surface area contributed by atoms with Gasteiger partial charge in [0.25, 0.3) is 0 Å². The topological polar surface area (TPSA) is 21.3 Å². The zero-order valence-electron chi connectivity index (χ0n) is 32.3. The van der Waals surface area contributed by atoms with E-state index in [9.17, 15) is 0 Å². The summed E-state index contributed by atoms with van der Waals surface area (Å²) in [7, 11) is 0. The predicted octanol–water partition coefficient (Wildman–Crippen LogP) is 16.5. The number of hydrogen-bond acceptors (Lipinski definition) is 3. The molecule has 0 spiro atoms. The van der Waals surface area contributed by atoms with Crippen molar-refractivity contribution in [1.29, 1.82) is 0 Å². The fraction of sp³-hybridized carbons (Fsp3) is 0. The van der Waals surface area contributed by atoms with Gasteiger partial charge in [0.05, 0.1) is 27.8 Å². The molecule has 0 fully saturated rings. The SMILES string of the molecule is c1ccc2cc3c(cc2c1)c1ccccc1n3-c1cc(-c2ccc(N(c3cccc4ccccc34)c3cccc4oc5ccccc5c34)cc2)c2sc3ccccc3c2c1. The Morgan fingerprint density at radius 3 is 1.93 bits per heavy atom. The molecule has 0 aliphatic carbocycles. The average molecular weight is 783 g/mol. The van der Waals surface area contributed by atoms with Gasteiger partial charge in [-0.2, -0.15) is 0 Å². The fourth-order valence-electron chi connectivity index (χ4n) is 9.63. The second-order valence-corrected chi connectivity index (χ2v) is 16.7. The minimum absolute atomic E-state index is 0.873. The number of fused-ring (bicyclic) bond motifs is 11. The minimum atomic E-state index is 0.873. The molecule has 4 heteroatoms. The van der Waals surface area contributed by atoms with Crippen LogP contribution in [0.1, 0.15) is 0 Å². The second-order valence-electron chi connectivity index (χ2n) is 15.7. The Balaban J connectivity index is 1.05. The van der Waals surface area contributed by atoms with Gasteiger partial charge in [-0.3, -0.25) is 0 Å². The highest BCUT2D eigenvalue weighted by molar-refractivity contribution is 7.26. The summed E-state index contributed by atoms with van der Waals surface area (Å²) >= 11 is 1.88. The normalized spacial score (nSPS) is 12.0. The van der Waals surface area contributed by atoms with E-state index in [4.69, 9.17) is 4.42 Å². The summed E-state index contributed by atoms with van der Waals surface area (Å²) in [6.45, 7) is 0. The first kappa shape index (κ1) is 33.3. The third-order valence-electron chi connectivity index (χ3n) is 12.3. The maximum absolute atomic E-state index is 6.43. The van der Waals surface area contributed by atoms with Crippen LogP contribution >= 0.6 is 11.3 Å². The molecule has 0 N–H and O–H groups in total. The number of aromatic nitrogens is 1. The van der Waals surface area contributed by atoms with Gasteiger partial charge in [0, 0.05) is 58.7 Å². The number of para-hydroxylation sites is 2. The molecule has 0 saturated heterocycles. The summed E-state index contributed by atoms with van der Waals surface area (Å²) in [5.41, 5.74) is 11.0. The molecule has 0 amide bonds. The van der Waals surface area contributed by atoms with Crippen LogP contribution in [0.5, 0.6) is 0 Å². The van der Waals surface area contributed by atoms with E-state index in [2.05, 4.69) is 210 Å². The molecule has 280 valence electrons. The molecule has 0 unspecified atom stereocenters. The molecule has 13 rings (SSSR count). The van der Waals surface area contributed by atoms with Crippen LogP contribution in [0, 0.1) is 0 Å². The third kappa shape index (κ3) is 4.95. The predicted molar refractivity (Wildman–Crippen MR) is 256 cm³/mol. The number of benzene rings is 10. The summed E-state index contributed by atoms with van der Waals surface area (Å²) in [6, 6.07) is 75.1. The van der Waals surface area contributed by atoms with Crippen molar-refractivity contribution in [3.8, 4) is 16.8 Å². The largest absolute Gasteiger partial charge is 0.456 e. The Morgan fingerprint density at radius 2 is 1.07 bits per heavy atom. The van der Waals surface area contributed by atoms with Gasteiger partial charge in [0.15, 0.2) is 0 Å². The molecule has 0 aliphatic heterocycles. The number of rotatable bonds is 5. The Kier molecular flexibility index (Phi) is 7.18. The van der Waals surface area contributed by atoms with Gasteiger partial charge in [-0.05, 0) is 94.5 Å². The van der Waals surface area contributed by atoms with Gasteiger partial charge in [-0.1, -0.05) is 133 Å². The average Bonchev–Trinajstić information content (AvgIpc) is 3.98. The Hall–Kier alpha value is -7.66. The van der Waals surface area contributed by atoms with Crippen LogP contribution in [-0.4, -0.2) is 4.57 Å². The minimum Gasteiger partial charge on any atom is -0.456 e. The van der Waals surface area contributed by atoms with E-state index in [-0.39, 0.29) is 0 Å². The zero-order valence-corrected chi connectivity index (χ0v) is 33.2. The van der Waals surface area contributed by atoms with Gasteiger partial charge in [0.1, 0.15) is 11.2 Å². The third-order valence-corrected chi connectivity index (χ3v) is 13.5. The Morgan fingerprint density at radius 1 is 0.417 bits per heavy atom. The van der Waals surface area contributed by atoms with Crippen LogP contribution < -0.4 is 4.90 Å².